The van der Waals surface area contributed by atoms with Crippen molar-refractivity contribution in [1.29, 1.82) is 0 Å². The number of unbranched alkanes of at least 4 members (excludes halogenated alkanes) is 2. The highest BCUT2D eigenvalue weighted by molar-refractivity contribution is 6.25. The van der Waals surface area contributed by atoms with Crippen LogP contribution >= 0.6 is 0 Å². The normalized spacial score (nSPS) is 19.3. The van der Waals surface area contributed by atoms with E-state index in [4.69, 9.17) is 5.73 Å². The fourth-order valence-corrected chi connectivity index (χ4v) is 3.61. The van der Waals surface area contributed by atoms with Crippen molar-refractivity contribution in [3.05, 3.63) is 29.3 Å². The first-order chi connectivity index (χ1) is 13.0. The molecule has 0 spiro atoms. The zero-order valence-corrected chi connectivity index (χ0v) is 15.4. The monoisotopic (exact) mass is 372 g/mol. The first-order valence-corrected chi connectivity index (χ1v) is 9.21. The highest BCUT2D eigenvalue weighted by atomic mass is 16.2. The second kappa shape index (κ2) is 7.87. The van der Waals surface area contributed by atoms with E-state index in [1.807, 2.05) is 11.9 Å². The van der Waals surface area contributed by atoms with E-state index in [2.05, 4.69) is 5.32 Å². The van der Waals surface area contributed by atoms with Crippen molar-refractivity contribution in [2.24, 2.45) is 5.73 Å². The van der Waals surface area contributed by atoms with E-state index >= 15 is 0 Å². The predicted molar refractivity (Wildman–Crippen MR) is 99.3 cm³/mol. The van der Waals surface area contributed by atoms with Gasteiger partial charge in [0.05, 0.1) is 16.8 Å². The fourth-order valence-electron chi connectivity index (χ4n) is 3.61. The summed E-state index contributed by atoms with van der Waals surface area (Å²) in [6.45, 7) is 1.38. The number of amides is 4. The molecule has 0 saturated carbocycles. The van der Waals surface area contributed by atoms with Crippen molar-refractivity contribution >= 4 is 29.3 Å². The van der Waals surface area contributed by atoms with E-state index in [0.29, 0.717) is 23.4 Å². The lowest BCUT2D eigenvalue weighted by molar-refractivity contribution is -0.136. The van der Waals surface area contributed by atoms with Crippen LogP contribution in [0.3, 0.4) is 0 Å². The number of carbonyl (C=O) groups is 4. The molecule has 0 bridgehead atoms. The summed E-state index contributed by atoms with van der Waals surface area (Å²) >= 11 is 0. The summed E-state index contributed by atoms with van der Waals surface area (Å²) in [4.78, 5) is 52.3. The van der Waals surface area contributed by atoms with Gasteiger partial charge in [0.15, 0.2) is 0 Å². The number of hydrogen-bond donors (Lipinski definition) is 2. The van der Waals surface area contributed by atoms with Crippen molar-refractivity contribution in [1.82, 2.24) is 10.2 Å². The second-order valence-electron chi connectivity index (χ2n) is 6.92. The maximum absolute atomic E-state index is 13.0. The Morgan fingerprint density at radius 2 is 1.93 bits per heavy atom. The number of anilines is 1. The van der Waals surface area contributed by atoms with E-state index in [9.17, 15) is 19.2 Å². The lowest BCUT2D eigenvalue weighted by Crippen LogP contribution is -2.54. The van der Waals surface area contributed by atoms with Gasteiger partial charge in [0.2, 0.25) is 11.8 Å². The van der Waals surface area contributed by atoms with Crippen LogP contribution in [0.2, 0.25) is 0 Å². The highest BCUT2D eigenvalue weighted by Crippen LogP contribution is 2.33. The van der Waals surface area contributed by atoms with Crippen molar-refractivity contribution in [2.45, 2.75) is 38.1 Å². The number of rotatable bonds is 7. The molecule has 8 heteroatoms. The number of carbonyl (C=O) groups excluding carboxylic acids is 4. The van der Waals surface area contributed by atoms with Gasteiger partial charge in [-0.1, -0.05) is 12.5 Å². The van der Waals surface area contributed by atoms with Gasteiger partial charge in [0.25, 0.3) is 11.8 Å². The summed E-state index contributed by atoms with van der Waals surface area (Å²) in [5, 5.41) is 2.21. The molecule has 144 valence electrons. The van der Waals surface area contributed by atoms with Gasteiger partial charge >= 0.3 is 0 Å². The Balaban J connectivity index is 1.84. The van der Waals surface area contributed by atoms with Crippen LogP contribution in [0, 0.1) is 0 Å². The molecule has 2 aliphatic rings. The molecule has 1 aromatic rings. The number of hydrogen-bond acceptors (Lipinski definition) is 6. The molecule has 3 rings (SSSR count). The Labute approximate surface area is 157 Å². The predicted octanol–water partition coefficient (Wildman–Crippen LogP) is 0.653. The largest absolute Gasteiger partial charge is 0.374 e. The zero-order chi connectivity index (χ0) is 19.6. The van der Waals surface area contributed by atoms with Crippen molar-refractivity contribution in [3.63, 3.8) is 0 Å². The van der Waals surface area contributed by atoms with E-state index in [1.54, 1.807) is 18.2 Å². The van der Waals surface area contributed by atoms with Gasteiger partial charge in [-0.3, -0.25) is 29.4 Å². The average Bonchev–Trinajstić information content (AvgIpc) is 2.90. The third kappa shape index (κ3) is 3.57. The van der Waals surface area contributed by atoms with Gasteiger partial charge in [0.1, 0.15) is 6.04 Å². The summed E-state index contributed by atoms with van der Waals surface area (Å²) in [6.07, 6.45) is 3.13. The van der Waals surface area contributed by atoms with E-state index in [1.165, 1.54) is 0 Å². The summed E-state index contributed by atoms with van der Waals surface area (Å²) in [7, 11) is 1.88. The van der Waals surface area contributed by atoms with E-state index in [-0.39, 0.29) is 18.7 Å². The number of nitrogens with one attached hydrogen (secondary N) is 1. The second-order valence-corrected chi connectivity index (χ2v) is 6.92. The quantitative estimate of drug-likeness (QED) is 0.537. The molecular weight excluding hydrogens is 348 g/mol. The highest BCUT2D eigenvalue weighted by Gasteiger charge is 2.45. The van der Waals surface area contributed by atoms with Crippen molar-refractivity contribution in [2.75, 3.05) is 25.0 Å². The molecule has 0 radical (unpaired) electrons. The van der Waals surface area contributed by atoms with Crippen molar-refractivity contribution < 1.29 is 19.2 Å². The maximum Gasteiger partial charge on any atom is 0.264 e. The molecule has 4 amide bonds. The number of nitrogens with zero attached hydrogens (tertiary/aromatic N) is 2. The third-order valence-corrected chi connectivity index (χ3v) is 5.06. The smallest absolute Gasteiger partial charge is 0.264 e. The SMILES string of the molecule is CN(CCCCCN)c1cccc2c1C(=O)N(C1CCC(=O)NC1=O)C2=O. The first-order valence-electron chi connectivity index (χ1n) is 9.21. The molecular formula is C19H24N4O4. The number of fused-ring (bicyclic) bond motifs is 1. The molecule has 2 aliphatic heterocycles. The molecule has 0 aromatic heterocycles. The average molecular weight is 372 g/mol. The lowest BCUT2D eigenvalue weighted by atomic mass is 10.0. The zero-order valence-electron chi connectivity index (χ0n) is 15.4. The van der Waals surface area contributed by atoms with Crippen LogP contribution in [-0.4, -0.2) is 54.7 Å². The van der Waals surface area contributed by atoms with E-state index in [0.717, 1.165) is 30.7 Å². The van der Waals surface area contributed by atoms with Crippen LogP contribution < -0.4 is 16.0 Å². The summed E-state index contributed by atoms with van der Waals surface area (Å²) in [5.74, 6) is -1.94. The minimum Gasteiger partial charge on any atom is -0.374 e. The number of piperidine rings is 1. The van der Waals surface area contributed by atoms with Crippen LogP contribution in [0.25, 0.3) is 0 Å². The van der Waals surface area contributed by atoms with Gasteiger partial charge in [-0.05, 0) is 37.9 Å². The third-order valence-electron chi connectivity index (χ3n) is 5.06. The number of imide groups is 2. The topological polar surface area (TPSA) is 113 Å². The summed E-state index contributed by atoms with van der Waals surface area (Å²) in [6, 6.07) is 4.20. The van der Waals surface area contributed by atoms with Crippen LogP contribution in [0.5, 0.6) is 0 Å². The Kier molecular flexibility index (Phi) is 5.55. The molecule has 3 N–H and O–H groups in total. The van der Waals surface area contributed by atoms with Crippen LogP contribution in [0.1, 0.15) is 52.8 Å². The minimum atomic E-state index is -0.946. The molecule has 27 heavy (non-hydrogen) atoms. The maximum atomic E-state index is 13.0. The minimum absolute atomic E-state index is 0.109. The van der Waals surface area contributed by atoms with Gasteiger partial charge in [-0.15, -0.1) is 0 Å². The standard InChI is InChI=1S/C19H24N4O4/c1-22(11-4-2-3-10-20)13-7-5-6-12-16(13)19(27)23(18(12)26)14-8-9-15(24)21-17(14)25/h5-7,14H,2-4,8-11,20H2,1H3,(H,21,24,25). The van der Waals surface area contributed by atoms with Gasteiger partial charge in [-0.2, -0.15) is 0 Å². The molecule has 2 heterocycles. The molecule has 8 nitrogen and oxygen atoms in total. The Hall–Kier alpha value is -2.74. The van der Waals surface area contributed by atoms with Gasteiger partial charge < -0.3 is 10.6 Å². The molecule has 1 unspecified atom stereocenters. The molecule has 1 atom stereocenters. The molecule has 1 saturated heterocycles. The van der Waals surface area contributed by atoms with Crippen LogP contribution in [0.4, 0.5) is 5.69 Å². The summed E-state index contributed by atoms with van der Waals surface area (Å²) in [5.41, 5.74) is 6.82. The molecule has 0 aliphatic carbocycles. The first kappa shape index (κ1) is 19.0. The Morgan fingerprint density at radius 1 is 1.15 bits per heavy atom. The lowest BCUT2D eigenvalue weighted by Gasteiger charge is -2.28. The van der Waals surface area contributed by atoms with E-state index < -0.39 is 23.8 Å². The molecule has 1 aromatic carbocycles. The number of benzene rings is 1. The Morgan fingerprint density at radius 3 is 2.63 bits per heavy atom. The van der Waals surface area contributed by atoms with Crippen LogP contribution in [-0.2, 0) is 9.59 Å². The van der Waals surface area contributed by atoms with Crippen LogP contribution in [0.15, 0.2) is 18.2 Å². The Bertz CT molecular complexity index is 792. The van der Waals surface area contributed by atoms with Crippen molar-refractivity contribution in [3.8, 4) is 0 Å². The summed E-state index contributed by atoms with van der Waals surface area (Å²) < 4.78 is 0. The molecule has 1 fully saturated rings. The number of nitrogens with two attached hydrogens (primary N) is 1. The fraction of sp³-hybridized carbons (Fsp3) is 0.474. The van der Waals surface area contributed by atoms with Gasteiger partial charge in [-0.25, -0.2) is 0 Å². The van der Waals surface area contributed by atoms with Gasteiger partial charge in [0, 0.05) is 20.0 Å².